The van der Waals surface area contributed by atoms with Gasteiger partial charge in [0.25, 0.3) is 0 Å². The van der Waals surface area contributed by atoms with E-state index < -0.39 is 23.9 Å². The maximum atomic E-state index is 11.0. The van der Waals surface area contributed by atoms with Gasteiger partial charge in [0.05, 0.1) is 6.61 Å². The van der Waals surface area contributed by atoms with Crippen LogP contribution in [0.15, 0.2) is 54.6 Å². The van der Waals surface area contributed by atoms with Crippen LogP contribution in [0.2, 0.25) is 0 Å². The van der Waals surface area contributed by atoms with E-state index >= 15 is 0 Å². The molecule has 10 heteroatoms. The van der Waals surface area contributed by atoms with Gasteiger partial charge in [-0.3, -0.25) is 4.79 Å². The maximum absolute atomic E-state index is 11.0. The Bertz CT molecular complexity index is 654. The third-order valence-electron chi connectivity index (χ3n) is 2.50. The fourth-order valence-corrected chi connectivity index (χ4v) is 1.41. The van der Waals surface area contributed by atoms with E-state index in [1.165, 1.54) is 5.56 Å². The summed E-state index contributed by atoms with van der Waals surface area (Å²) < 4.78 is 4.82. The molecule has 1 aromatic carbocycles. The highest BCUT2D eigenvalue weighted by Gasteiger charge is 2.01. The lowest BCUT2D eigenvalue weighted by atomic mass is 10.1. The molecule has 0 amide bonds. The third kappa shape index (κ3) is 24.1. The van der Waals surface area contributed by atoms with Gasteiger partial charge in [0.2, 0.25) is 0 Å². The number of carboxylic acids is 4. The molecule has 0 aliphatic rings. The van der Waals surface area contributed by atoms with Crippen LogP contribution in [0.4, 0.5) is 0 Å². The van der Waals surface area contributed by atoms with Gasteiger partial charge in [0, 0.05) is 30.7 Å². The maximum Gasteiger partial charge on any atom is 0.328 e. The summed E-state index contributed by atoms with van der Waals surface area (Å²) in [7, 11) is 0. The highest BCUT2D eigenvalue weighted by atomic mass is 16.5. The van der Waals surface area contributed by atoms with Crippen molar-refractivity contribution in [2.45, 2.75) is 19.8 Å². The standard InChI is InChI=1S/C11H14O2.2C4H4O4/c1-2-13-11(12)9-8-10-6-4-3-5-7-10;2*5-3(6)1-2-4(7)8/h3-7H,2,8-9H2,1H3;2*1-2H,(H,5,6)(H,7,8)/b;2*2-1-. The van der Waals surface area contributed by atoms with Crippen molar-refractivity contribution in [1.82, 2.24) is 0 Å². The number of rotatable bonds is 8. The largest absolute Gasteiger partial charge is 0.478 e. The molecule has 1 aromatic rings. The van der Waals surface area contributed by atoms with Gasteiger partial charge >= 0.3 is 29.8 Å². The minimum Gasteiger partial charge on any atom is -0.478 e. The van der Waals surface area contributed by atoms with E-state index in [0.717, 1.165) is 6.42 Å². The highest BCUT2D eigenvalue weighted by molar-refractivity contribution is 5.90. The molecule has 10 nitrogen and oxygen atoms in total. The Balaban J connectivity index is 0. The van der Waals surface area contributed by atoms with Crippen molar-refractivity contribution in [1.29, 1.82) is 0 Å². The molecule has 0 heterocycles. The first-order valence-corrected chi connectivity index (χ1v) is 8.05. The highest BCUT2D eigenvalue weighted by Crippen LogP contribution is 2.02. The number of hydrogen-bond acceptors (Lipinski definition) is 6. The first-order valence-electron chi connectivity index (χ1n) is 8.05. The summed E-state index contributed by atoms with van der Waals surface area (Å²) in [4.78, 5) is 49.2. The van der Waals surface area contributed by atoms with Gasteiger partial charge in [0.15, 0.2) is 0 Å². The van der Waals surface area contributed by atoms with E-state index in [4.69, 9.17) is 25.2 Å². The Hall–Kier alpha value is -3.95. The number of carboxylic acid groups (broad SMARTS) is 4. The van der Waals surface area contributed by atoms with Gasteiger partial charge in [-0.2, -0.15) is 0 Å². The van der Waals surface area contributed by atoms with E-state index in [9.17, 15) is 24.0 Å². The zero-order valence-corrected chi connectivity index (χ0v) is 15.6. The molecule has 0 atom stereocenters. The summed E-state index contributed by atoms with van der Waals surface area (Å²) >= 11 is 0. The number of hydrogen-bond donors (Lipinski definition) is 4. The molecule has 4 N–H and O–H groups in total. The fraction of sp³-hybridized carbons (Fsp3) is 0.211. The van der Waals surface area contributed by atoms with Crippen molar-refractivity contribution in [3.63, 3.8) is 0 Å². The molecule has 0 spiro atoms. The molecule has 0 aliphatic carbocycles. The predicted octanol–water partition coefficient (Wildman–Crippen LogP) is 1.61. The first-order chi connectivity index (χ1) is 13.6. The van der Waals surface area contributed by atoms with Crippen molar-refractivity contribution in [3.05, 3.63) is 60.2 Å². The number of aliphatic carboxylic acids is 4. The van der Waals surface area contributed by atoms with E-state index in [1.807, 2.05) is 37.3 Å². The first kappa shape index (κ1) is 27.3. The number of carbonyl (C=O) groups is 5. The van der Waals surface area contributed by atoms with Gasteiger partial charge in [-0.1, -0.05) is 30.3 Å². The summed E-state index contributed by atoms with van der Waals surface area (Å²) in [5, 5.41) is 31.2. The number of carbonyl (C=O) groups excluding carboxylic acids is 1. The molecule has 29 heavy (non-hydrogen) atoms. The Morgan fingerprint density at radius 3 is 1.45 bits per heavy atom. The summed E-state index contributed by atoms with van der Waals surface area (Å²) in [5.74, 6) is -5.15. The van der Waals surface area contributed by atoms with Crippen LogP contribution >= 0.6 is 0 Å². The lowest BCUT2D eigenvalue weighted by Gasteiger charge is -2.01. The van der Waals surface area contributed by atoms with Crippen molar-refractivity contribution in [2.24, 2.45) is 0 Å². The third-order valence-corrected chi connectivity index (χ3v) is 2.50. The normalized spacial score (nSPS) is 9.55. The van der Waals surface area contributed by atoms with E-state index in [2.05, 4.69) is 0 Å². The second-order valence-electron chi connectivity index (χ2n) is 4.81. The minimum absolute atomic E-state index is 0.119. The summed E-state index contributed by atoms with van der Waals surface area (Å²) in [6.07, 6.45) is 3.47. The summed E-state index contributed by atoms with van der Waals surface area (Å²) in [5.41, 5.74) is 1.18. The lowest BCUT2D eigenvalue weighted by molar-refractivity contribution is -0.143. The zero-order chi connectivity index (χ0) is 22.7. The molecule has 0 radical (unpaired) electrons. The van der Waals surface area contributed by atoms with Crippen LogP contribution < -0.4 is 0 Å². The van der Waals surface area contributed by atoms with Crippen molar-refractivity contribution >= 4 is 29.8 Å². The Labute approximate surface area is 166 Å². The smallest absolute Gasteiger partial charge is 0.328 e. The van der Waals surface area contributed by atoms with Crippen LogP contribution in [0.25, 0.3) is 0 Å². The average Bonchev–Trinajstić information content (AvgIpc) is 2.65. The molecule has 0 unspecified atom stereocenters. The molecular weight excluding hydrogens is 388 g/mol. The molecule has 0 aliphatic heterocycles. The van der Waals surface area contributed by atoms with Gasteiger partial charge in [-0.05, 0) is 18.9 Å². The molecule has 158 valence electrons. The van der Waals surface area contributed by atoms with Crippen LogP contribution in [0, 0.1) is 0 Å². The molecule has 1 rings (SSSR count). The van der Waals surface area contributed by atoms with Crippen molar-refractivity contribution in [3.8, 4) is 0 Å². The van der Waals surface area contributed by atoms with Gasteiger partial charge in [0.1, 0.15) is 0 Å². The molecule has 0 saturated heterocycles. The van der Waals surface area contributed by atoms with E-state index in [1.54, 1.807) is 0 Å². The molecule has 0 saturated carbocycles. The monoisotopic (exact) mass is 410 g/mol. The second kappa shape index (κ2) is 17.5. The van der Waals surface area contributed by atoms with Gasteiger partial charge < -0.3 is 25.2 Å². The average molecular weight is 410 g/mol. The Kier molecular flexibility index (Phi) is 16.4. The summed E-state index contributed by atoms with van der Waals surface area (Å²) in [6.45, 7) is 2.29. The number of ether oxygens (including phenoxy) is 1. The Morgan fingerprint density at radius 1 is 0.759 bits per heavy atom. The lowest BCUT2D eigenvalue weighted by Crippen LogP contribution is -2.04. The van der Waals surface area contributed by atoms with Gasteiger partial charge in [-0.25, -0.2) is 19.2 Å². The van der Waals surface area contributed by atoms with Gasteiger partial charge in [-0.15, -0.1) is 0 Å². The van der Waals surface area contributed by atoms with E-state index in [-0.39, 0.29) is 5.97 Å². The second-order valence-corrected chi connectivity index (χ2v) is 4.81. The van der Waals surface area contributed by atoms with Crippen molar-refractivity contribution in [2.75, 3.05) is 6.61 Å². The summed E-state index contributed by atoms with van der Waals surface area (Å²) in [6, 6.07) is 9.94. The predicted molar refractivity (Wildman–Crippen MR) is 100 cm³/mol. The number of benzene rings is 1. The molecular formula is C19H22O10. The molecule has 0 aromatic heterocycles. The number of esters is 1. The van der Waals surface area contributed by atoms with E-state index in [0.29, 0.717) is 37.3 Å². The minimum atomic E-state index is -1.26. The quantitative estimate of drug-likeness (QED) is 0.364. The SMILES string of the molecule is CCOC(=O)CCc1ccccc1.O=C(O)/C=C\C(=O)O.O=C(O)/C=C\C(=O)O. The van der Waals surface area contributed by atoms with Crippen LogP contribution in [0.5, 0.6) is 0 Å². The Morgan fingerprint density at radius 2 is 1.14 bits per heavy atom. The van der Waals surface area contributed by atoms with Crippen molar-refractivity contribution < 1.29 is 49.1 Å². The van der Waals surface area contributed by atoms with Crippen LogP contribution in [0.3, 0.4) is 0 Å². The van der Waals surface area contributed by atoms with Crippen LogP contribution in [0.1, 0.15) is 18.9 Å². The fourth-order valence-electron chi connectivity index (χ4n) is 1.41. The number of aryl methyl sites for hydroxylation is 1. The van der Waals surface area contributed by atoms with Crippen LogP contribution in [-0.2, 0) is 35.1 Å². The topological polar surface area (TPSA) is 176 Å². The zero-order valence-electron chi connectivity index (χ0n) is 15.6. The van der Waals surface area contributed by atoms with Crippen LogP contribution in [-0.4, -0.2) is 56.9 Å². The molecule has 0 bridgehead atoms. The molecule has 0 fully saturated rings.